The monoisotopic (exact) mass is 264 g/mol. The van der Waals surface area contributed by atoms with Gasteiger partial charge in [0.25, 0.3) is 0 Å². The molecule has 1 N–H and O–H groups in total. The van der Waals surface area contributed by atoms with Crippen molar-refractivity contribution in [1.29, 1.82) is 0 Å². The van der Waals surface area contributed by atoms with Gasteiger partial charge < -0.3 is 5.11 Å². The summed E-state index contributed by atoms with van der Waals surface area (Å²) in [5, 5.41) is 9.83. The van der Waals surface area contributed by atoms with Crippen LogP contribution < -0.4 is 0 Å². The minimum absolute atomic E-state index is 0.162. The van der Waals surface area contributed by atoms with Gasteiger partial charge in [-0.3, -0.25) is 0 Å². The van der Waals surface area contributed by atoms with Crippen LogP contribution in [0.25, 0.3) is 0 Å². The Bertz CT molecular complexity index is 418. The Morgan fingerprint density at radius 1 is 1.17 bits per heavy atom. The third-order valence-corrected chi connectivity index (χ3v) is 2.49. The van der Waals surface area contributed by atoms with E-state index in [1.54, 1.807) is 0 Å². The van der Waals surface area contributed by atoms with Gasteiger partial charge in [-0.05, 0) is 29.5 Å². The van der Waals surface area contributed by atoms with Crippen molar-refractivity contribution in [2.24, 2.45) is 5.41 Å². The lowest BCUT2D eigenvalue weighted by Gasteiger charge is -2.23. The minimum Gasteiger partial charge on any atom is -0.388 e. The second kappa shape index (κ2) is 4.88. The molecule has 5 heteroatoms. The van der Waals surface area contributed by atoms with E-state index in [4.69, 9.17) is 0 Å². The zero-order valence-corrected chi connectivity index (χ0v) is 10.5. The molecule has 0 bridgehead atoms. The lowest BCUT2D eigenvalue weighted by Crippen LogP contribution is -2.13. The summed E-state index contributed by atoms with van der Waals surface area (Å²) in [6.07, 6.45) is -5.34. The SMILES string of the molecule is CC(C)(C)CC(O)c1ccc(C(F)(F)F)c(F)c1. The molecule has 0 spiro atoms. The Balaban J connectivity index is 2.98. The first-order valence-corrected chi connectivity index (χ1v) is 5.55. The number of halogens is 4. The van der Waals surface area contributed by atoms with E-state index in [2.05, 4.69) is 0 Å². The van der Waals surface area contributed by atoms with E-state index >= 15 is 0 Å². The Hall–Kier alpha value is -1.10. The van der Waals surface area contributed by atoms with Gasteiger partial charge in [-0.1, -0.05) is 26.8 Å². The summed E-state index contributed by atoms with van der Waals surface area (Å²) in [4.78, 5) is 0. The van der Waals surface area contributed by atoms with Crippen LogP contribution in [-0.4, -0.2) is 5.11 Å². The Kier molecular flexibility index (Phi) is 4.05. The highest BCUT2D eigenvalue weighted by Crippen LogP contribution is 2.34. The predicted molar refractivity (Wildman–Crippen MR) is 60.4 cm³/mol. The molecule has 0 amide bonds. The lowest BCUT2D eigenvalue weighted by atomic mass is 9.87. The molecule has 0 fully saturated rings. The molecular formula is C13H16F4O. The summed E-state index contributed by atoms with van der Waals surface area (Å²) < 4.78 is 50.4. The number of hydrogen-bond acceptors (Lipinski definition) is 1. The fourth-order valence-electron chi connectivity index (χ4n) is 1.67. The Labute approximate surface area is 103 Å². The van der Waals surface area contributed by atoms with Crippen LogP contribution in [0.1, 0.15) is 44.4 Å². The van der Waals surface area contributed by atoms with Crippen molar-refractivity contribution in [3.05, 3.63) is 35.1 Å². The van der Waals surface area contributed by atoms with E-state index in [0.29, 0.717) is 12.5 Å². The van der Waals surface area contributed by atoms with Gasteiger partial charge in [0.15, 0.2) is 0 Å². The van der Waals surface area contributed by atoms with Crippen LogP contribution >= 0.6 is 0 Å². The standard InChI is InChI=1S/C13H16F4O/c1-12(2,3)7-11(18)8-4-5-9(10(14)6-8)13(15,16)17/h4-6,11,18H,7H2,1-3H3. The maximum atomic E-state index is 13.3. The fraction of sp³-hybridized carbons (Fsp3) is 0.538. The number of alkyl halides is 3. The van der Waals surface area contributed by atoms with E-state index in [1.807, 2.05) is 20.8 Å². The largest absolute Gasteiger partial charge is 0.419 e. The topological polar surface area (TPSA) is 20.2 Å². The van der Waals surface area contributed by atoms with Gasteiger partial charge in [-0.25, -0.2) is 4.39 Å². The molecule has 18 heavy (non-hydrogen) atoms. The average molecular weight is 264 g/mol. The molecule has 0 saturated carbocycles. The molecule has 1 nitrogen and oxygen atoms in total. The molecule has 0 heterocycles. The van der Waals surface area contributed by atoms with E-state index in [0.717, 1.165) is 12.1 Å². The summed E-state index contributed by atoms with van der Waals surface area (Å²) in [5.74, 6) is -1.35. The molecule has 0 aliphatic carbocycles. The van der Waals surface area contributed by atoms with Crippen molar-refractivity contribution in [2.45, 2.75) is 39.5 Å². The molecular weight excluding hydrogens is 248 g/mol. The van der Waals surface area contributed by atoms with Crippen LogP contribution in [0.2, 0.25) is 0 Å². The lowest BCUT2D eigenvalue weighted by molar-refractivity contribution is -0.140. The number of hydrogen-bond donors (Lipinski definition) is 1. The number of aliphatic hydroxyl groups is 1. The van der Waals surface area contributed by atoms with Crippen molar-refractivity contribution in [3.8, 4) is 0 Å². The van der Waals surface area contributed by atoms with Gasteiger partial charge in [0.1, 0.15) is 5.82 Å². The first kappa shape index (κ1) is 15.0. The normalized spacial score (nSPS) is 14.7. The first-order chi connectivity index (χ1) is 8.00. The highest BCUT2D eigenvalue weighted by Gasteiger charge is 2.34. The van der Waals surface area contributed by atoms with Crippen molar-refractivity contribution in [3.63, 3.8) is 0 Å². The number of rotatable bonds is 2. The molecule has 0 radical (unpaired) electrons. The second-order valence-corrected chi connectivity index (χ2v) is 5.52. The highest BCUT2D eigenvalue weighted by atomic mass is 19.4. The van der Waals surface area contributed by atoms with Crippen LogP contribution in [0.5, 0.6) is 0 Å². The molecule has 0 aliphatic rings. The molecule has 102 valence electrons. The van der Waals surface area contributed by atoms with Gasteiger partial charge >= 0.3 is 6.18 Å². The van der Waals surface area contributed by atoms with Crippen molar-refractivity contribution in [1.82, 2.24) is 0 Å². The molecule has 0 saturated heterocycles. The van der Waals surface area contributed by atoms with E-state index in [-0.39, 0.29) is 11.0 Å². The number of aliphatic hydroxyl groups excluding tert-OH is 1. The average Bonchev–Trinajstić information content (AvgIpc) is 2.12. The summed E-state index contributed by atoms with van der Waals surface area (Å²) in [7, 11) is 0. The quantitative estimate of drug-likeness (QED) is 0.789. The van der Waals surface area contributed by atoms with Crippen LogP contribution in [0.4, 0.5) is 17.6 Å². The fourth-order valence-corrected chi connectivity index (χ4v) is 1.67. The molecule has 0 aromatic heterocycles. The number of benzene rings is 1. The van der Waals surface area contributed by atoms with Gasteiger partial charge in [-0.15, -0.1) is 0 Å². The zero-order chi connectivity index (χ0) is 14.1. The maximum absolute atomic E-state index is 13.3. The van der Waals surface area contributed by atoms with Gasteiger partial charge in [0, 0.05) is 0 Å². The molecule has 1 atom stereocenters. The summed E-state index contributed by atoms with van der Waals surface area (Å²) in [6.45, 7) is 5.66. The zero-order valence-electron chi connectivity index (χ0n) is 10.5. The molecule has 1 aromatic carbocycles. The summed E-state index contributed by atoms with van der Waals surface area (Å²) in [5.41, 5.74) is -1.34. The molecule has 1 aromatic rings. The van der Waals surface area contributed by atoms with Crippen molar-refractivity contribution >= 4 is 0 Å². The van der Waals surface area contributed by atoms with Crippen LogP contribution in [0, 0.1) is 11.2 Å². The van der Waals surface area contributed by atoms with Gasteiger partial charge in [0.2, 0.25) is 0 Å². The summed E-state index contributed by atoms with van der Waals surface area (Å²) in [6, 6.07) is 2.53. The van der Waals surface area contributed by atoms with Crippen molar-refractivity contribution in [2.75, 3.05) is 0 Å². The first-order valence-electron chi connectivity index (χ1n) is 5.55. The van der Waals surface area contributed by atoms with Crippen LogP contribution in [0.15, 0.2) is 18.2 Å². The molecule has 1 rings (SSSR count). The highest BCUT2D eigenvalue weighted by molar-refractivity contribution is 5.28. The predicted octanol–water partition coefficient (Wildman–Crippen LogP) is 4.31. The van der Waals surface area contributed by atoms with E-state index in [1.165, 1.54) is 0 Å². The molecule has 1 unspecified atom stereocenters. The van der Waals surface area contributed by atoms with Crippen LogP contribution in [0.3, 0.4) is 0 Å². The minimum atomic E-state index is -4.71. The third kappa shape index (κ3) is 3.98. The Morgan fingerprint density at radius 2 is 1.72 bits per heavy atom. The van der Waals surface area contributed by atoms with E-state index < -0.39 is 23.7 Å². The smallest absolute Gasteiger partial charge is 0.388 e. The summed E-state index contributed by atoms with van der Waals surface area (Å²) >= 11 is 0. The van der Waals surface area contributed by atoms with E-state index in [9.17, 15) is 22.7 Å². The van der Waals surface area contributed by atoms with Crippen molar-refractivity contribution < 1.29 is 22.7 Å². The second-order valence-electron chi connectivity index (χ2n) is 5.52. The maximum Gasteiger partial charge on any atom is 0.419 e. The van der Waals surface area contributed by atoms with Crippen LogP contribution in [-0.2, 0) is 6.18 Å². The van der Waals surface area contributed by atoms with Gasteiger partial charge in [-0.2, -0.15) is 13.2 Å². The Morgan fingerprint density at radius 3 is 2.11 bits per heavy atom. The van der Waals surface area contributed by atoms with Gasteiger partial charge in [0.05, 0.1) is 11.7 Å². The third-order valence-electron chi connectivity index (χ3n) is 2.49. The molecule has 0 aliphatic heterocycles.